The number of hydrogen-bond donors (Lipinski definition) is 1. The van der Waals surface area contributed by atoms with Crippen LogP contribution in [0.25, 0.3) is 0 Å². The van der Waals surface area contributed by atoms with Gasteiger partial charge in [0, 0.05) is 19.5 Å². The van der Waals surface area contributed by atoms with Gasteiger partial charge in [-0.15, -0.1) is 0 Å². The van der Waals surface area contributed by atoms with Crippen LogP contribution in [0, 0.1) is 0 Å². The summed E-state index contributed by atoms with van der Waals surface area (Å²) in [5, 5.41) is 0. The fourth-order valence-electron chi connectivity index (χ4n) is 3.77. The van der Waals surface area contributed by atoms with Gasteiger partial charge in [-0.25, -0.2) is 4.57 Å². The standard InChI is InChI=1S/C26H55O5PS/c1-4-6-8-10-12-14-15-17-19-21-23-33-25-26(24-31-32(27,28)29-3)30-22-20-18-16-13-11-9-7-5-2/h26H,4-25H2,1-3H3,(H,27,28). The molecular weight excluding hydrogens is 455 g/mol. The summed E-state index contributed by atoms with van der Waals surface area (Å²) in [7, 11) is -2.76. The smallest absolute Gasteiger partial charge is 0.375 e. The fraction of sp³-hybridized carbons (Fsp3) is 1.00. The molecule has 2 unspecified atom stereocenters. The number of hydrogen-bond acceptors (Lipinski definition) is 5. The van der Waals surface area contributed by atoms with Gasteiger partial charge < -0.3 is 9.63 Å². The average Bonchev–Trinajstić information content (AvgIpc) is 2.81. The lowest BCUT2D eigenvalue weighted by Crippen LogP contribution is -2.23. The molecule has 200 valence electrons. The molecule has 0 saturated carbocycles. The topological polar surface area (TPSA) is 65.0 Å². The minimum absolute atomic E-state index is 0.101. The predicted octanol–water partition coefficient (Wildman–Crippen LogP) is 8.93. The number of phosphoric ester groups is 1. The first-order valence-electron chi connectivity index (χ1n) is 13.8. The quantitative estimate of drug-likeness (QED) is 0.0879. The van der Waals surface area contributed by atoms with E-state index < -0.39 is 7.82 Å². The van der Waals surface area contributed by atoms with Crippen molar-refractivity contribution in [2.75, 3.05) is 31.8 Å². The van der Waals surface area contributed by atoms with E-state index in [2.05, 4.69) is 18.4 Å². The minimum atomic E-state index is -3.95. The molecule has 33 heavy (non-hydrogen) atoms. The Morgan fingerprint density at radius 2 is 1.18 bits per heavy atom. The number of phosphoric acid groups is 1. The highest BCUT2D eigenvalue weighted by atomic mass is 32.2. The van der Waals surface area contributed by atoms with Gasteiger partial charge in [-0.05, 0) is 18.6 Å². The van der Waals surface area contributed by atoms with E-state index >= 15 is 0 Å². The van der Waals surface area contributed by atoms with Crippen LogP contribution in [-0.4, -0.2) is 42.8 Å². The predicted molar refractivity (Wildman–Crippen MR) is 144 cm³/mol. The Morgan fingerprint density at radius 3 is 1.67 bits per heavy atom. The van der Waals surface area contributed by atoms with E-state index in [-0.39, 0.29) is 12.7 Å². The summed E-state index contributed by atoms with van der Waals surface area (Å²) < 4.78 is 27.2. The molecule has 1 N–H and O–H groups in total. The van der Waals surface area contributed by atoms with Crippen LogP contribution in [0.4, 0.5) is 0 Å². The van der Waals surface area contributed by atoms with Crippen LogP contribution in [0.15, 0.2) is 0 Å². The first-order valence-corrected chi connectivity index (χ1v) is 16.4. The maximum Gasteiger partial charge on any atom is 0.472 e. The Morgan fingerprint density at radius 1 is 0.727 bits per heavy atom. The molecule has 5 nitrogen and oxygen atoms in total. The van der Waals surface area contributed by atoms with Crippen molar-refractivity contribution >= 4 is 19.6 Å². The summed E-state index contributed by atoms with van der Waals surface area (Å²) >= 11 is 1.86. The van der Waals surface area contributed by atoms with Crippen molar-refractivity contribution in [3.63, 3.8) is 0 Å². The third-order valence-corrected chi connectivity index (χ3v) is 8.07. The van der Waals surface area contributed by atoms with Crippen LogP contribution >= 0.6 is 19.6 Å². The highest BCUT2D eigenvalue weighted by Crippen LogP contribution is 2.42. The van der Waals surface area contributed by atoms with Gasteiger partial charge in [0.25, 0.3) is 0 Å². The second-order valence-electron chi connectivity index (χ2n) is 9.17. The second-order valence-corrected chi connectivity index (χ2v) is 11.9. The average molecular weight is 511 g/mol. The van der Waals surface area contributed by atoms with Crippen LogP contribution in [0.5, 0.6) is 0 Å². The molecular formula is C26H55O5PS. The van der Waals surface area contributed by atoms with Gasteiger partial charge in [-0.1, -0.05) is 117 Å². The Kier molecular flexibility index (Phi) is 25.8. The Hall–Kier alpha value is 0.420. The lowest BCUT2D eigenvalue weighted by atomic mass is 10.1. The van der Waals surface area contributed by atoms with Gasteiger partial charge in [0.2, 0.25) is 0 Å². The molecule has 0 aromatic carbocycles. The maximum absolute atomic E-state index is 11.6. The zero-order valence-corrected chi connectivity index (χ0v) is 23.8. The van der Waals surface area contributed by atoms with Crippen molar-refractivity contribution < 1.29 is 23.2 Å². The van der Waals surface area contributed by atoms with Gasteiger partial charge >= 0.3 is 7.82 Å². The summed E-state index contributed by atoms with van der Waals surface area (Å²) in [5.41, 5.74) is 0. The zero-order valence-electron chi connectivity index (χ0n) is 22.1. The molecule has 0 rings (SSSR count). The largest absolute Gasteiger partial charge is 0.472 e. The first-order chi connectivity index (χ1) is 16.1. The summed E-state index contributed by atoms with van der Waals surface area (Å²) in [6.07, 6.45) is 23.4. The van der Waals surface area contributed by atoms with Gasteiger partial charge in [-0.2, -0.15) is 11.8 Å². The normalized spacial score (nSPS) is 14.4. The monoisotopic (exact) mass is 510 g/mol. The van der Waals surface area contributed by atoms with E-state index in [0.29, 0.717) is 6.61 Å². The van der Waals surface area contributed by atoms with Crippen molar-refractivity contribution in [1.29, 1.82) is 0 Å². The van der Waals surface area contributed by atoms with Crippen molar-refractivity contribution in [1.82, 2.24) is 0 Å². The molecule has 0 amide bonds. The molecule has 2 atom stereocenters. The second kappa shape index (κ2) is 25.5. The molecule has 0 aliphatic carbocycles. The van der Waals surface area contributed by atoms with Crippen LogP contribution in [-0.2, 0) is 18.3 Å². The lowest BCUT2D eigenvalue weighted by Gasteiger charge is -2.19. The molecule has 0 aliphatic heterocycles. The van der Waals surface area contributed by atoms with E-state index in [4.69, 9.17) is 9.26 Å². The Labute approximate surface area is 210 Å². The molecule has 0 spiro atoms. The van der Waals surface area contributed by atoms with Gasteiger partial charge in [-0.3, -0.25) is 9.05 Å². The van der Waals surface area contributed by atoms with Gasteiger partial charge in [0.15, 0.2) is 0 Å². The molecule has 0 heterocycles. The van der Waals surface area contributed by atoms with Crippen LogP contribution in [0.1, 0.15) is 129 Å². The third kappa shape index (κ3) is 25.3. The first kappa shape index (κ1) is 33.4. The molecule has 7 heteroatoms. The Balaban J connectivity index is 3.84. The van der Waals surface area contributed by atoms with Crippen LogP contribution in [0.2, 0.25) is 0 Å². The molecule has 0 radical (unpaired) electrons. The molecule has 0 saturated heterocycles. The summed E-state index contributed by atoms with van der Waals surface area (Å²) in [4.78, 5) is 9.52. The van der Waals surface area contributed by atoms with E-state index in [9.17, 15) is 9.46 Å². The highest BCUT2D eigenvalue weighted by Gasteiger charge is 2.21. The third-order valence-electron chi connectivity index (χ3n) is 5.95. The van der Waals surface area contributed by atoms with E-state index in [1.165, 1.54) is 116 Å². The number of unbranched alkanes of at least 4 members (excludes halogenated alkanes) is 16. The lowest BCUT2D eigenvalue weighted by molar-refractivity contribution is 0.0225. The van der Waals surface area contributed by atoms with Crippen LogP contribution in [0.3, 0.4) is 0 Å². The van der Waals surface area contributed by atoms with Gasteiger partial charge in [0.1, 0.15) is 0 Å². The molecule has 0 bridgehead atoms. The molecule has 0 aliphatic rings. The number of ether oxygens (including phenoxy) is 1. The van der Waals surface area contributed by atoms with E-state index in [0.717, 1.165) is 17.9 Å². The molecule has 0 fully saturated rings. The SMILES string of the molecule is CCCCCCCCCCCCSCC(COP(=O)(O)OC)OCCCCCCCCCC. The maximum atomic E-state index is 11.6. The number of thioether (sulfide) groups is 1. The zero-order chi connectivity index (χ0) is 24.5. The molecule has 0 aromatic heterocycles. The van der Waals surface area contributed by atoms with Crippen molar-refractivity contribution in [2.45, 2.75) is 136 Å². The minimum Gasteiger partial charge on any atom is -0.375 e. The van der Waals surface area contributed by atoms with Gasteiger partial charge in [0.05, 0.1) is 12.7 Å². The summed E-state index contributed by atoms with van der Waals surface area (Å²) in [6, 6.07) is 0. The van der Waals surface area contributed by atoms with Crippen molar-refractivity contribution in [2.24, 2.45) is 0 Å². The van der Waals surface area contributed by atoms with Crippen molar-refractivity contribution in [3.05, 3.63) is 0 Å². The summed E-state index contributed by atoms with van der Waals surface area (Å²) in [5.74, 6) is 1.90. The number of rotatable bonds is 27. The Bertz CT molecular complexity index is 439. The van der Waals surface area contributed by atoms with Crippen LogP contribution < -0.4 is 0 Å². The van der Waals surface area contributed by atoms with E-state index in [1.54, 1.807) is 0 Å². The van der Waals surface area contributed by atoms with E-state index in [1.807, 2.05) is 11.8 Å². The highest BCUT2D eigenvalue weighted by molar-refractivity contribution is 7.99. The molecule has 0 aromatic rings. The van der Waals surface area contributed by atoms with Crippen molar-refractivity contribution in [3.8, 4) is 0 Å². The fourth-order valence-corrected chi connectivity index (χ4v) is 5.26. The summed E-state index contributed by atoms with van der Waals surface area (Å²) in [6.45, 7) is 5.30.